The molecule has 0 fully saturated rings. The number of thiophene rings is 1. The zero-order valence-electron chi connectivity index (χ0n) is 12.1. The van der Waals surface area contributed by atoms with E-state index in [1.165, 1.54) is 4.88 Å². The maximum Gasteiger partial charge on any atom is 0.171 e. The van der Waals surface area contributed by atoms with Crippen LogP contribution in [0.1, 0.15) is 44.7 Å². The van der Waals surface area contributed by atoms with Gasteiger partial charge in [-0.15, -0.1) is 11.3 Å². The highest BCUT2D eigenvalue weighted by Crippen LogP contribution is 2.35. The molecule has 2 nitrogen and oxygen atoms in total. The average molecular weight is 374 g/mol. The molecule has 0 amide bonds. The molecule has 20 heavy (non-hydrogen) atoms. The van der Waals surface area contributed by atoms with Gasteiger partial charge in [-0.3, -0.25) is 0 Å². The summed E-state index contributed by atoms with van der Waals surface area (Å²) in [4.78, 5) is 11.5. The summed E-state index contributed by atoms with van der Waals surface area (Å²) in [6.07, 6.45) is 1.93. The highest BCUT2D eigenvalue weighted by atomic mass is 79.9. The molecule has 0 radical (unpaired) electrons. The first-order valence-corrected chi connectivity index (χ1v) is 8.64. The molecule has 0 unspecified atom stereocenters. The zero-order valence-corrected chi connectivity index (χ0v) is 15.3. The van der Waals surface area contributed by atoms with Crippen LogP contribution in [-0.4, -0.2) is 9.97 Å². The molecule has 0 atom stereocenters. The number of aromatic nitrogens is 2. The fourth-order valence-corrected chi connectivity index (χ4v) is 3.40. The predicted molar refractivity (Wildman–Crippen MR) is 90.8 cm³/mol. The van der Waals surface area contributed by atoms with Gasteiger partial charge in [0, 0.05) is 4.88 Å². The van der Waals surface area contributed by atoms with Gasteiger partial charge in [-0.2, -0.15) is 0 Å². The van der Waals surface area contributed by atoms with Crippen molar-refractivity contribution in [3.63, 3.8) is 0 Å². The second-order valence-corrected chi connectivity index (χ2v) is 8.00. The van der Waals surface area contributed by atoms with Gasteiger partial charge in [-0.05, 0) is 39.9 Å². The summed E-state index contributed by atoms with van der Waals surface area (Å²) in [5, 5.41) is 0.490. The second kappa shape index (κ2) is 6.12. The SMILES string of the molecule is CCCc1nc(-c2ccc(C(C)(C)C)s2)nc(Cl)c1Br. The van der Waals surface area contributed by atoms with Gasteiger partial charge in [0.05, 0.1) is 15.0 Å². The summed E-state index contributed by atoms with van der Waals surface area (Å²) in [5.74, 6) is 0.724. The van der Waals surface area contributed by atoms with E-state index in [0.717, 1.165) is 33.7 Å². The Morgan fingerprint density at radius 2 is 1.95 bits per heavy atom. The van der Waals surface area contributed by atoms with E-state index in [1.54, 1.807) is 11.3 Å². The van der Waals surface area contributed by atoms with Crippen LogP contribution in [0.2, 0.25) is 5.15 Å². The van der Waals surface area contributed by atoms with Crippen LogP contribution in [0, 0.1) is 0 Å². The summed E-state index contributed by atoms with van der Waals surface area (Å²) >= 11 is 11.4. The normalized spacial score (nSPS) is 11.9. The minimum atomic E-state index is 0.147. The number of nitrogens with zero attached hydrogens (tertiary/aromatic N) is 2. The molecular formula is C15H18BrClN2S. The van der Waals surface area contributed by atoms with Crippen molar-refractivity contribution < 1.29 is 0 Å². The monoisotopic (exact) mass is 372 g/mol. The van der Waals surface area contributed by atoms with Crippen LogP contribution in [0.4, 0.5) is 0 Å². The molecule has 2 rings (SSSR count). The molecule has 0 saturated carbocycles. The smallest absolute Gasteiger partial charge is 0.171 e. The van der Waals surface area contributed by atoms with Crippen LogP contribution in [0.25, 0.3) is 10.7 Å². The highest BCUT2D eigenvalue weighted by Gasteiger charge is 2.18. The molecule has 2 aromatic rings. The van der Waals surface area contributed by atoms with Crippen molar-refractivity contribution in [2.45, 2.75) is 46.0 Å². The average Bonchev–Trinajstić information content (AvgIpc) is 2.84. The molecule has 0 aliphatic heterocycles. The van der Waals surface area contributed by atoms with E-state index in [1.807, 2.05) is 0 Å². The minimum absolute atomic E-state index is 0.147. The van der Waals surface area contributed by atoms with Crippen LogP contribution in [-0.2, 0) is 11.8 Å². The topological polar surface area (TPSA) is 25.8 Å². The van der Waals surface area contributed by atoms with E-state index in [4.69, 9.17) is 11.6 Å². The van der Waals surface area contributed by atoms with E-state index in [2.05, 4.69) is 65.7 Å². The van der Waals surface area contributed by atoms with Gasteiger partial charge in [-0.1, -0.05) is 45.7 Å². The van der Waals surface area contributed by atoms with E-state index in [9.17, 15) is 0 Å². The first kappa shape index (κ1) is 15.9. The lowest BCUT2D eigenvalue weighted by atomic mass is 9.95. The molecule has 2 heterocycles. The maximum atomic E-state index is 6.21. The lowest BCUT2D eigenvalue weighted by Crippen LogP contribution is -2.07. The third-order valence-electron chi connectivity index (χ3n) is 2.93. The molecule has 0 saturated heterocycles. The van der Waals surface area contributed by atoms with Crippen molar-refractivity contribution in [3.05, 3.63) is 32.3 Å². The first-order chi connectivity index (χ1) is 9.32. The summed E-state index contributed by atoms with van der Waals surface area (Å²) in [7, 11) is 0. The van der Waals surface area contributed by atoms with Crippen molar-refractivity contribution in [1.82, 2.24) is 9.97 Å². The quantitative estimate of drug-likeness (QED) is 0.629. The van der Waals surface area contributed by atoms with Crippen LogP contribution in [0.5, 0.6) is 0 Å². The zero-order chi connectivity index (χ0) is 14.9. The van der Waals surface area contributed by atoms with Crippen molar-refractivity contribution in [2.24, 2.45) is 0 Å². The summed E-state index contributed by atoms with van der Waals surface area (Å²) in [6.45, 7) is 8.76. The summed E-state index contributed by atoms with van der Waals surface area (Å²) < 4.78 is 0.817. The fraction of sp³-hybridized carbons (Fsp3) is 0.467. The molecule has 0 aliphatic carbocycles. The van der Waals surface area contributed by atoms with E-state index in [-0.39, 0.29) is 5.41 Å². The minimum Gasteiger partial charge on any atom is -0.231 e. The Hall–Kier alpha value is -0.450. The highest BCUT2D eigenvalue weighted by molar-refractivity contribution is 9.10. The third kappa shape index (κ3) is 3.41. The lowest BCUT2D eigenvalue weighted by molar-refractivity contribution is 0.604. The first-order valence-electron chi connectivity index (χ1n) is 6.65. The van der Waals surface area contributed by atoms with Crippen molar-refractivity contribution in [1.29, 1.82) is 0 Å². The molecule has 2 aromatic heterocycles. The molecule has 0 aromatic carbocycles. The Balaban J connectivity index is 2.45. The molecule has 5 heteroatoms. The van der Waals surface area contributed by atoms with Crippen LogP contribution in [0.15, 0.2) is 16.6 Å². The van der Waals surface area contributed by atoms with Crippen molar-refractivity contribution in [3.8, 4) is 10.7 Å². The van der Waals surface area contributed by atoms with E-state index >= 15 is 0 Å². The van der Waals surface area contributed by atoms with Crippen LogP contribution in [0.3, 0.4) is 0 Å². The standard InChI is InChI=1S/C15H18BrClN2S/c1-5-6-9-12(16)13(17)19-14(18-9)10-7-8-11(20-10)15(2,3)4/h7-8H,5-6H2,1-4H3. The van der Waals surface area contributed by atoms with Gasteiger partial charge in [0.2, 0.25) is 0 Å². The Bertz CT molecular complexity index is 617. The van der Waals surface area contributed by atoms with Crippen molar-refractivity contribution in [2.75, 3.05) is 0 Å². The maximum absolute atomic E-state index is 6.21. The Labute approximate surface area is 137 Å². The summed E-state index contributed by atoms with van der Waals surface area (Å²) in [5.41, 5.74) is 1.13. The van der Waals surface area contributed by atoms with Gasteiger partial charge in [0.1, 0.15) is 5.15 Å². The molecule has 108 valence electrons. The molecule has 0 N–H and O–H groups in total. The van der Waals surface area contributed by atoms with Gasteiger partial charge < -0.3 is 0 Å². The Morgan fingerprint density at radius 1 is 1.25 bits per heavy atom. The van der Waals surface area contributed by atoms with E-state index in [0.29, 0.717) is 5.15 Å². The number of hydrogen-bond donors (Lipinski definition) is 0. The molecule has 0 spiro atoms. The van der Waals surface area contributed by atoms with Crippen molar-refractivity contribution >= 4 is 38.9 Å². The van der Waals surface area contributed by atoms with Crippen LogP contribution < -0.4 is 0 Å². The number of aryl methyl sites for hydroxylation is 1. The largest absolute Gasteiger partial charge is 0.231 e. The predicted octanol–water partition coefficient (Wildman–Crippen LogP) is 5.87. The molecule has 0 aliphatic rings. The van der Waals surface area contributed by atoms with Gasteiger partial charge in [0.15, 0.2) is 5.82 Å². The number of hydrogen-bond acceptors (Lipinski definition) is 3. The Kier molecular flexibility index (Phi) is 4.88. The van der Waals surface area contributed by atoms with Gasteiger partial charge in [0.25, 0.3) is 0 Å². The van der Waals surface area contributed by atoms with Gasteiger partial charge >= 0.3 is 0 Å². The lowest BCUT2D eigenvalue weighted by Gasteiger charge is -2.15. The third-order valence-corrected chi connectivity index (χ3v) is 5.77. The van der Waals surface area contributed by atoms with Gasteiger partial charge in [-0.25, -0.2) is 9.97 Å². The van der Waals surface area contributed by atoms with Crippen LogP contribution >= 0.6 is 38.9 Å². The Morgan fingerprint density at radius 3 is 2.50 bits per heavy atom. The molecule has 0 bridgehead atoms. The number of halogens is 2. The second-order valence-electron chi connectivity index (χ2n) is 5.76. The molecular weight excluding hydrogens is 356 g/mol. The van der Waals surface area contributed by atoms with E-state index < -0.39 is 0 Å². The number of rotatable bonds is 3. The summed E-state index contributed by atoms with van der Waals surface area (Å²) in [6, 6.07) is 4.24. The fourth-order valence-electron chi connectivity index (χ4n) is 1.84.